The molecule has 584 valence electrons. The monoisotopic (exact) mass is 1530 g/mol. The number of imidazole rings is 1. The SMILES string of the molecule is CCCCOc1cc2c(cc1OCCCC)-c1nc-2nc2[nH]c(nc3nc(nc4[nH]c(n1)c1cc(OCCCC)c(OCCCC)cc41)-c1cc(OCCCC)c(OCCCC)cc1-3)c1cc(C#Cc3c4nc(c(CCC(=O)OC)c5ccc([nH]5)c(-c5nccn5C)c5nc(c(CCC(=O)OC)c6ccc3[nH]6)C=C5)C=C4)ccc21. The molecular formula is C90H94N14O10. The molecule has 0 radical (unpaired) electrons. The van der Waals surface area contributed by atoms with Crippen molar-refractivity contribution in [1.29, 1.82) is 0 Å². The van der Waals surface area contributed by atoms with Crippen LogP contribution < -0.4 is 28.4 Å². The number of aromatic amines is 4. The number of H-pyrrole nitrogens is 4. The minimum Gasteiger partial charge on any atom is -0.490 e. The number of esters is 2. The lowest BCUT2D eigenvalue weighted by molar-refractivity contribution is -0.141. The first-order valence-electron chi connectivity index (χ1n) is 39.9. The average molecular weight is 1530 g/mol. The molecule has 4 aliphatic rings. The second-order valence-corrected chi connectivity index (χ2v) is 28.6. The molecule has 0 unspecified atom stereocenters. The Bertz CT molecular complexity index is 5990. The van der Waals surface area contributed by atoms with Gasteiger partial charge >= 0.3 is 11.9 Å². The predicted molar refractivity (Wildman–Crippen MR) is 446 cm³/mol. The van der Waals surface area contributed by atoms with Gasteiger partial charge in [0.1, 0.15) is 28.4 Å². The van der Waals surface area contributed by atoms with Crippen LogP contribution in [0.4, 0.5) is 0 Å². The molecule has 11 heterocycles. The molecule has 16 bridgehead atoms. The number of hydrogen-bond acceptors (Lipinski definition) is 19. The van der Waals surface area contributed by atoms with Crippen molar-refractivity contribution < 1.29 is 47.5 Å². The number of carbonyl (C=O) groups is 2. The number of methoxy groups -OCH3 is 2. The van der Waals surface area contributed by atoms with E-state index in [1.165, 1.54) is 14.2 Å². The Morgan fingerprint density at radius 1 is 0.395 bits per heavy atom. The molecule has 24 nitrogen and oxygen atoms in total. The van der Waals surface area contributed by atoms with Crippen molar-refractivity contribution in [2.45, 2.75) is 144 Å². The molecule has 0 saturated carbocycles. The van der Waals surface area contributed by atoms with E-state index in [9.17, 15) is 9.59 Å². The number of carbonyl (C=O) groups excluding carboxylic acids is 2. The molecule has 114 heavy (non-hydrogen) atoms. The summed E-state index contributed by atoms with van der Waals surface area (Å²) in [6.07, 6.45) is 22.9. The zero-order chi connectivity index (χ0) is 78.8. The predicted octanol–water partition coefficient (Wildman–Crippen LogP) is 18.9. The summed E-state index contributed by atoms with van der Waals surface area (Å²) >= 11 is 0. The van der Waals surface area contributed by atoms with Crippen LogP contribution in [-0.2, 0) is 39.0 Å². The number of nitrogens with zero attached hydrogens (tertiary/aromatic N) is 10. The van der Waals surface area contributed by atoms with Gasteiger partial charge in [-0.2, -0.15) is 0 Å². The summed E-state index contributed by atoms with van der Waals surface area (Å²) in [6, 6.07) is 25.7. The lowest BCUT2D eigenvalue weighted by Crippen LogP contribution is -2.03. The Labute approximate surface area is 660 Å². The van der Waals surface area contributed by atoms with E-state index in [1.807, 2.05) is 121 Å². The number of rotatable bonds is 31. The van der Waals surface area contributed by atoms with Crippen LogP contribution in [0.3, 0.4) is 0 Å². The van der Waals surface area contributed by atoms with Crippen molar-refractivity contribution >= 4 is 102 Å². The van der Waals surface area contributed by atoms with E-state index in [0.717, 1.165) is 110 Å². The van der Waals surface area contributed by atoms with Gasteiger partial charge in [-0.15, -0.1) is 0 Å². The zero-order valence-electron chi connectivity index (χ0n) is 66.1. The summed E-state index contributed by atoms with van der Waals surface area (Å²) in [5.74, 6) is 12.0. The van der Waals surface area contributed by atoms with Gasteiger partial charge in [-0.3, -0.25) is 9.59 Å². The van der Waals surface area contributed by atoms with Crippen LogP contribution in [0.1, 0.15) is 176 Å². The Kier molecular flexibility index (Phi) is 23.5. The van der Waals surface area contributed by atoms with Crippen molar-refractivity contribution in [3.05, 3.63) is 136 Å². The van der Waals surface area contributed by atoms with Crippen LogP contribution in [0, 0.1) is 11.8 Å². The maximum atomic E-state index is 13.0. The highest BCUT2D eigenvalue weighted by Gasteiger charge is 2.29. The van der Waals surface area contributed by atoms with Gasteiger partial charge in [0.2, 0.25) is 0 Å². The molecular weight excluding hydrogens is 1440 g/mol. The van der Waals surface area contributed by atoms with Gasteiger partial charge in [-0.05, 0) is 155 Å². The molecule has 0 atom stereocenters. The normalized spacial score (nSPS) is 11.9. The maximum absolute atomic E-state index is 13.0. The van der Waals surface area contributed by atoms with E-state index in [-0.39, 0.29) is 24.8 Å². The number of ether oxygens (including phenoxy) is 8. The second-order valence-electron chi connectivity index (χ2n) is 28.6. The van der Waals surface area contributed by atoms with Crippen LogP contribution >= 0.6 is 0 Å². The molecule has 0 saturated heterocycles. The number of benzene rings is 4. The van der Waals surface area contributed by atoms with E-state index in [2.05, 4.69) is 73.3 Å². The lowest BCUT2D eigenvalue weighted by Gasteiger charge is -2.14. The first-order valence-corrected chi connectivity index (χ1v) is 39.9. The van der Waals surface area contributed by atoms with Gasteiger partial charge < -0.3 is 62.4 Å². The van der Waals surface area contributed by atoms with Gasteiger partial charge in [-0.1, -0.05) is 91.9 Å². The maximum Gasteiger partial charge on any atom is 0.305 e. The van der Waals surface area contributed by atoms with E-state index in [4.69, 9.17) is 82.8 Å². The van der Waals surface area contributed by atoms with Crippen molar-refractivity contribution in [3.63, 3.8) is 0 Å². The van der Waals surface area contributed by atoms with Gasteiger partial charge in [0, 0.05) is 104 Å². The van der Waals surface area contributed by atoms with Crippen molar-refractivity contribution in [3.8, 4) is 103 Å². The molecule has 4 aromatic carbocycles. The Morgan fingerprint density at radius 2 is 0.772 bits per heavy atom. The standard InChI is InChI=1S/C90H94N14O10/c1-10-16-40-109-73-47-59-60(48-74(73)110-41-17-11-2)86-99-84(59)97-82-54-24-22-53(23-25-55-65-28-30-67(92-65)56(26-36-79(105)107-8)69-32-34-71(94-69)81(90-91-38-39-104(90)7)72-35-33-70(95-72)57(27-37-80(106)108-9)68-31-29-66(55)93-68)46-58(54)83(96-82)98-85-61-49-75(111-42-18-12-3)76(112-43-19-13-4)50-62(61)87(100-85)102-89-64-52-78(114-45-21-15-6)77(113-44-20-14-5)51-63(64)88(101-86)103-89/h22,24,28-35,38-39,46-52,92,95H,10-21,26-27,36-37,40-45H2,1-9H3,(H2,96,97,98,99,100,101,102,103). The number of nitrogens with one attached hydrogen (secondary N) is 4. The molecule has 4 aliphatic heterocycles. The average Bonchev–Trinajstić information content (AvgIpc) is 1.59. The highest BCUT2D eigenvalue weighted by Crippen LogP contribution is 2.46. The van der Waals surface area contributed by atoms with E-state index in [1.54, 1.807) is 6.20 Å². The summed E-state index contributed by atoms with van der Waals surface area (Å²) in [4.78, 5) is 89.1. The quantitative estimate of drug-likeness (QED) is 0.0178. The first kappa shape index (κ1) is 76.7. The minimum absolute atomic E-state index is 0.0924. The Morgan fingerprint density at radius 3 is 1.19 bits per heavy atom. The summed E-state index contributed by atoms with van der Waals surface area (Å²) < 4.78 is 52.0. The molecule has 7 aromatic heterocycles. The van der Waals surface area contributed by atoms with E-state index >= 15 is 0 Å². The van der Waals surface area contributed by atoms with Crippen molar-refractivity contribution in [1.82, 2.24) is 69.4 Å². The number of fused-ring (bicyclic) bond motifs is 28. The third-order valence-corrected chi connectivity index (χ3v) is 20.5. The third-order valence-electron chi connectivity index (χ3n) is 20.5. The van der Waals surface area contributed by atoms with Crippen LogP contribution in [0.25, 0.3) is 147 Å². The first-order chi connectivity index (χ1) is 55.9. The highest BCUT2D eigenvalue weighted by atomic mass is 16.5. The largest absolute Gasteiger partial charge is 0.490 e. The molecule has 0 fully saturated rings. The van der Waals surface area contributed by atoms with E-state index in [0.29, 0.717) is 222 Å². The van der Waals surface area contributed by atoms with Gasteiger partial charge in [0.15, 0.2) is 57.8 Å². The minimum atomic E-state index is -0.364. The zero-order valence-corrected chi connectivity index (χ0v) is 66.1. The number of aromatic nitrogens is 14. The molecule has 0 aliphatic carbocycles. The number of aryl methyl sites for hydroxylation is 3. The third kappa shape index (κ3) is 16.2. The topological polar surface area (TPSA) is 292 Å². The fourth-order valence-corrected chi connectivity index (χ4v) is 14.1. The van der Waals surface area contributed by atoms with Crippen molar-refractivity contribution in [2.75, 3.05) is 53.9 Å². The smallest absolute Gasteiger partial charge is 0.305 e. The lowest BCUT2D eigenvalue weighted by atomic mass is 10.1. The van der Waals surface area contributed by atoms with E-state index < -0.39 is 0 Å². The second kappa shape index (κ2) is 34.9. The fourth-order valence-electron chi connectivity index (χ4n) is 14.1. The summed E-state index contributed by atoms with van der Waals surface area (Å²) in [7, 11) is 4.71. The van der Waals surface area contributed by atoms with Crippen LogP contribution in [0.15, 0.2) is 91.3 Å². The number of unbranched alkanes of at least 4 members (excludes halogenated alkanes) is 6. The number of hydrogen-bond donors (Lipinski definition) is 4. The van der Waals surface area contributed by atoms with Crippen molar-refractivity contribution in [2.24, 2.45) is 7.05 Å². The van der Waals surface area contributed by atoms with Crippen LogP contribution in [-0.4, -0.2) is 135 Å². The van der Waals surface area contributed by atoms with Gasteiger partial charge in [0.25, 0.3) is 0 Å². The molecule has 15 rings (SSSR count). The Balaban J connectivity index is 0.997. The molecule has 0 amide bonds. The molecule has 4 N–H and O–H groups in total. The van der Waals surface area contributed by atoms with Crippen LogP contribution in [0.5, 0.6) is 34.5 Å². The molecule has 0 spiro atoms. The van der Waals surface area contributed by atoms with Gasteiger partial charge in [-0.25, -0.2) is 44.9 Å². The fraction of sp³-hybridized carbons (Fsp3) is 0.344. The summed E-state index contributed by atoms with van der Waals surface area (Å²) in [6.45, 7) is 15.7. The summed E-state index contributed by atoms with van der Waals surface area (Å²) in [5.41, 5.74) is 13.4. The van der Waals surface area contributed by atoms with Crippen LogP contribution in [0.2, 0.25) is 0 Å². The Hall–Kier alpha value is -12.7. The summed E-state index contributed by atoms with van der Waals surface area (Å²) in [5, 5.41) is 2.82. The molecule has 11 aromatic rings. The molecule has 24 heteroatoms. The highest BCUT2D eigenvalue weighted by molar-refractivity contribution is 6.08. The van der Waals surface area contributed by atoms with Gasteiger partial charge in [0.05, 0.1) is 98.8 Å².